The van der Waals surface area contributed by atoms with Crippen molar-refractivity contribution in [2.75, 3.05) is 14.2 Å². The van der Waals surface area contributed by atoms with Crippen molar-refractivity contribution >= 4 is 17.6 Å². The van der Waals surface area contributed by atoms with E-state index in [1.165, 1.54) is 14.2 Å². The lowest BCUT2D eigenvalue weighted by molar-refractivity contribution is 0.0561. The molecule has 1 aliphatic carbocycles. The van der Waals surface area contributed by atoms with Crippen molar-refractivity contribution in [2.45, 2.75) is 26.2 Å². The Labute approximate surface area is 151 Å². The van der Waals surface area contributed by atoms with Gasteiger partial charge in [-0.15, -0.1) is 0 Å². The second-order valence-electron chi connectivity index (χ2n) is 5.90. The Morgan fingerprint density at radius 3 is 2.69 bits per heavy atom. The number of amides is 1. The smallest absolute Gasteiger partial charge is 0.374 e. The summed E-state index contributed by atoms with van der Waals surface area (Å²) in [6, 6.07) is 6.92. The van der Waals surface area contributed by atoms with E-state index in [0.29, 0.717) is 41.2 Å². The maximum atomic E-state index is 12.4. The lowest BCUT2D eigenvalue weighted by atomic mass is 9.93. The summed E-state index contributed by atoms with van der Waals surface area (Å²) in [7, 11) is 2.82. The number of ether oxygens (including phenoxy) is 2. The fraction of sp³-hybridized carbons (Fsp3) is 0.316. The predicted octanol–water partition coefficient (Wildman–Crippen LogP) is 2.85. The number of furan rings is 1. The summed E-state index contributed by atoms with van der Waals surface area (Å²) in [4.78, 5) is 24.3. The van der Waals surface area contributed by atoms with Crippen LogP contribution in [0.15, 0.2) is 33.8 Å². The molecule has 0 radical (unpaired) electrons. The first kappa shape index (κ1) is 17.7. The molecule has 0 saturated heterocycles. The molecule has 1 amide bonds. The van der Waals surface area contributed by atoms with Crippen LogP contribution in [0.4, 0.5) is 0 Å². The Morgan fingerprint density at radius 2 is 1.96 bits per heavy atom. The summed E-state index contributed by atoms with van der Waals surface area (Å²) in [5.41, 5.74) is 5.11. The van der Waals surface area contributed by atoms with Gasteiger partial charge >= 0.3 is 5.97 Å². The molecule has 3 rings (SSSR count). The van der Waals surface area contributed by atoms with E-state index in [9.17, 15) is 9.59 Å². The molecule has 0 saturated carbocycles. The number of carbonyl (C=O) groups is 2. The third-order valence-electron chi connectivity index (χ3n) is 4.34. The first-order valence-electron chi connectivity index (χ1n) is 8.27. The number of benzene rings is 1. The number of aryl methyl sites for hydroxylation is 1. The topological polar surface area (TPSA) is 90.1 Å². The van der Waals surface area contributed by atoms with Crippen molar-refractivity contribution < 1.29 is 23.5 Å². The number of fused-ring (bicyclic) bond motifs is 1. The summed E-state index contributed by atoms with van der Waals surface area (Å²) in [6.45, 7) is 1.79. The van der Waals surface area contributed by atoms with Gasteiger partial charge in [-0.05, 0) is 31.9 Å². The van der Waals surface area contributed by atoms with Crippen molar-refractivity contribution in [1.82, 2.24) is 5.43 Å². The van der Waals surface area contributed by atoms with E-state index < -0.39 is 5.97 Å². The number of carbonyl (C=O) groups excluding carboxylic acids is 2. The Bertz CT molecular complexity index is 882. The minimum absolute atomic E-state index is 0.183. The summed E-state index contributed by atoms with van der Waals surface area (Å²) < 4.78 is 15.6. The molecule has 1 aromatic carbocycles. The van der Waals surface area contributed by atoms with Gasteiger partial charge in [0.25, 0.3) is 5.91 Å². The normalized spacial score (nSPS) is 14.7. The molecule has 0 atom stereocenters. The van der Waals surface area contributed by atoms with E-state index in [1.807, 2.05) is 0 Å². The van der Waals surface area contributed by atoms with Crippen molar-refractivity contribution in [1.29, 1.82) is 0 Å². The standard InChI is InChI=1S/C19H20N2O5/c1-11-16-13(8-6-10-15(16)26-17(11)19(23)25-3)20-21-18(22)12-7-4-5-9-14(12)24-2/h4-5,7,9H,6,8,10H2,1-3H3,(H,21,22)/b20-13+. The second-order valence-corrected chi connectivity index (χ2v) is 5.90. The number of hydrazone groups is 1. The Morgan fingerprint density at radius 1 is 1.19 bits per heavy atom. The van der Waals surface area contributed by atoms with Gasteiger partial charge in [-0.3, -0.25) is 4.79 Å². The van der Waals surface area contributed by atoms with Crippen LogP contribution in [0.1, 0.15) is 50.6 Å². The number of rotatable bonds is 4. The number of esters is 1. The third-order valence-corrected chi connectivity index (χ3v) is 4.34. The molecule has 1 N–H and O–H groups in total. The molecule has 0 bridgehead atoms. The molecule has 1 aromatic heterocycles. The van der Waals surface area contributed by atoms with Crippen LogP contribution in [0.3, 0.4) is 0 Å². The highest BCUT2D eigenvalue weighted by Crippen LogP contribution is 2.30. The number of para-hydroxylation sites is 1. The van der Waals surface area contributed by atoms with Gasteiger partial charge in [-0.1, -0.05) is 12.1 Å². The zero-order valence-electron chi connectivity index (χ0n) is 14.9. The molecule has 136 valence electrons. The van der Waals surface area contributed by atoms with E-state index >= 15 is 0 Å². The fourth-order valence-corrected chi connectivity index (χ4v) is 3.08. The summed E-state index contributed by atoms with van der Waals surface area (Å²) in [5.74, 6) is 0.468. The van der Waals surface area contributed by atoms with Gasteiger partial charge in [-0.2, -0.15) is 5.10 Å². The van der Waals surface area contributed by atoms with Crippen LogP contribution in [-0.2, 0) is 11.2 Å². The molecule has 0 spiro atoms. The summed E-state index contributed by atoms with van der Waals surface area (Å²) in [6.07, 6.45) is 2.22. The summed E-state index contributed by atoms with van der Waals surface area (Å²) >= 11 is 0. The minimum atomic E-state index is -0.519. The fourth-order valence-electron chi connectivity index (χ4n) is 3.08. The zero-order valence-corrected chi connectivity index (χ0v) is 14.9. The molecule has 7 nitrogen and oxygen atoms in total. The average molecular weight is 356 g/mol. The maximum absolute atomic E-state index is 12.4. The van der Waals surface area contributed by atoms with Crippen LogP contribution in [0, 0.1) is 6.92 Å². The van der Waals surface area contributed by atoms with Gasteiger partial charge in [0, 0.05) is 17.5 Å². The molecular formula is C19H20N2O5. The average Bonchev–Trinajstić information content (AvgIpc) is 3.02. The molecule has 0 unspecified atom stereocenters. The van der Waals surface area contributed by atoms with Crippen LogP contribution in [-0.4, -0.2) is 31.8 Å². The van der Waals surface area contributed by atoms with Gasteiger partial charge in [-0.25, -0.2) is 10.2 Å². The first-order valence-corrected chi connectivity index (χ1v) is 8.27. The van der Waals surface area contributed by atoms with Gasteiger partial charge < -0.3 is 13.9 Å². The highest BCUT2D eigenvalue weighted by molar-refractivity contribution is 6.06. The SMILES string of the molecule is COC(=O)c1oc2c(c1C)/C(=N/NC(=O)c1ccccc1OC)CCC2. The Balaban J connectivity index is 1.89. The highest BCUT2D eigenvalue weighted by atomic mass is 16.5. The largest absolute Gasteiger partial charge is 0.496 e. The minimum Gasteiger partial charge on any atom is -0.496 e. The van der Waals surface area contributed by atoms with Gasteiger partial charge in [0.15, 0.2) is 0 Å². The van der Waals surface area contributed by atoms with Gasteiger partial charge in [0.1, 0.15) is 11.5 Å². The number of hydrogen-bond acceptors (Lipinski definition) is 6. The van der Waals surface area contributed by atoms with Crippen molar-refractivity contribution in [3.8, 4) is 5.75 Å². The lowest BCUT2D eigenvalue weighted by Crippen LogP contribution is -2.22. The van der Waals surface area contributed by atoms with Crippen molar-refractivity contribution in [2.24, 2.45) is 5.10 Å². The van der Waals surface area contributed by atoms with Crippen molar-refractivity contribution in [3.05, 3.63) is 52.5 Å². The van der Waals surface area contributed by atoms with E-state index in [4.69, 9.17) is 13.9 Å². The zero-order chi connectivity index (χ0) is 18.7. The van der Waals surface area contributed by atoms with E-state index in [0.717, 1.165) is 12.0 Å². The number of hydrogen-bond donors (Lipinski definition) is 1. The lowest BCUT2D eigenvalue weighted by Gasteiger charge is -2.14. The van der Waals surface area contributed by atoms with Crippen LogP contribution in [0.5, 0.6) is 5.75 Å². The Hall–Kier alpha value is -3.09. The second kappa shape index (κ2) is 7.43. The number of methoxy groups -OCH3 is 2. The monoisotopic (exact) mass is 356 g/mol. The van der Waals surface area contributed by atoms with Crippen LogP contribution in [0.2, 0.25) is 0 Å². The van der Waals surface area contributed by atoms with E-state index in [-0.39, 0.29) is 11.7 Å². The molecule has 7 heteroatoms. The molecule has 1 aliphatic rings. The predicted molar refractivity (Wildman–Crippen MR) is 94.7 cm³/mol. The van der Waals surface area contributed by atoms with E-state index in [1.54, 1.807) is 31.2 Å². The molecule has 1 heterocycles. The third kappa shape index (κ3) is 3.20. The number of nitrogens with one attached hydrogen (secondary N) is 1. The van der Waals surface area contributed by atoms with Crippen molar-refractivity contribution in [3.63, 3.8) is 0 Å². The quantitative estimate of drug-likeness (QED) is 0.672. The van der Waals surface area contributed by atoms with Crippen LogP contribution in [0.25, 0.3) is 0 Å². The molecule has 2 aromatic rings. The van der Waals surface area contributed by atoms with Gasteiger partial charge in [0.2, 0.25) is 5.76 Å². The van der Waals surface area contributed by atoms with Crippen LogP contribution < -0.4 is 10.2 Å². The maximum Gasteiger partial charge on any atom is 0.374 e. The molecule has 0 aliphatic heterocycles. The Kier molecular flexibility index (Phi) is 5.06. The van der Waals surface area contributed by atoms with Crippen LogP contribution >= 0.6 is 0 Å². The molecular weight excluding hydrogens is 336 g/mol. The van der Waals surface area contributed by atoms with E-state index in [2.05, 4.69) is 10.5 Å². The van der Waals surface area contributed by atoms with Gasteiger partial charge in [0.05, 0.1) is 25.5 Å². The number of nitrogens with zero attached hydrogens (tertiary/aromatic N) is 1. The highest BCUT2D eigenvalue weighted by Gasteiger charge is 2.28. The first-order chi connectivity index (χ1) is 12.6. The molecule has 0 fully saturated rings. The summed E-state index contributed by atoms with van der Waals surface area (Å²) in [5, 5.41) is 4.29. The molecule has 26 heavy (non-hydrogen) atoms.